The minimum absolute atomic E-state index is 0.0378. The highest BCUT2D eigenvalue weighted by molar-refractivity contribution is 6.21. The summed E-state index contributed by atoms with van der Waals surface area (Å²) in [6.45, 7) is 5.94. The molecule has 2 rings (SSSR count). The number of aliphatic hydroxyl groups excluding tert-OH is 1. The molecule has 31 heavy (non-hydrogen) atoms. The molecule has 4 heteroatoms. The smallest absolute Gasteiger partial charge is 0.306 e. The molecule has 1 saturated carbocycles. The first-order valence-electron chi connectivity index (χ1n) is 12.2. The number of hydrogen-bond donors (Lipinski definition) is 1. The van der Waals surface area contributed by atoms with Crippen LogP contribution in [0.1, 0.15) is 108 Å². The van der Waals surface area contributed by atoms with E-state index in [1.807, 2.05) is 13.8 Å². The lowest BCUT2D eigenvalue weighted by molar-refractivity contribution is -0.147. The number of carbonyl (C=O) groups is 1. The number of aliphatic hydroxyl groups is 1. The lowest BCUT2D eigenvalue weighted by Gasteiger charge is -2.22. The van der Waals surface area contributed by atoms with E-state index in [2.05, 4.69) is 43.3 Å². The molecule has 1 aliphatic rings. The van der Waals surface area contributed by atoms with Gasteiger partial charge in [0.2, 0.25) is 0 Å². The van der Waals surface area contributed by atoms with Crippen LogP contribution in [0.4, 0.5) is 0 Å². The predicted molar refractivity (Wildman–Crippen MR) is 129 cm³/mol. The van der Waals surface area contributed by atoms with Crippen molar-refractivity contribution in [2.75, 3.05) is 0 Å². The number of unbranched alkanes of at least 4 members (excludes halogenated alkanes) is 3. The third-order valence-corrected chi connectivity index (χ3v) is 6.71. The van der Waals surface area contributed by atoms with E-state index in [1.54, 1.807) is 0 Å². The standard InChI is InChI=1S/C27H41ClO3/c1-4-5-8-12-25(29)21-14-16-23(17-15-21)27-22(18-19-24(27)28)11-9-6-7-10-13-26(30)31-20(2)3/h6,9,14-17,20,22,24-25,27,29H,4-5,7-8,10-13,18-19H2,1-3H3/b9-6-. The Balaban J connectivity index is 1.83. The third-order valence-electron chi connectivity index (χ3n) is 6.22. The van der Waals surface area contributed by atoms with Crippen molar-refractivity contribution < 1.29 is 14.6 Å². The van der Waals surface area contributed by atoms with Gasteiger partial charge in [0.15, 0.2) is 0 Å². The SMILES string of the molecule is CCCCCC(O)c1ccc(C2C(Cl)CCC2C/C=C\CCCC(=O)OC(C)C)cc1. The Kier molecular flexibility index (Phi) is 11.7. The summed E-state index contributed by atoms with van der Waals surface area (Å²) >= 11 is 6.71. The van der Waals surface area contributed by atoms with Gasteiger partial charge in [0.05, 0.1) is 12.2 Å². The monoisotopic (exact) mass is 448 g/mol. The maximum absolute atomic E-state index is 11.6. The summed E-state index contributed by atoms with van der Waals surface area (Å²) in [6, 6.07) is 8.50. The second-order valence-electron chi connectivity index (χ2n) is 9.20. The fourth-order valence-electron chi connectivity index (χ4n) is 4.54. The molecule has 0 spiro atoms. The van der Waals surface area contributed by atoms with Crippen LogP contribution < -0.4 is 0 Å². The lowest BCUT2D eigenvalue weighted by Crippen LogP contribution is -2.13. The van der Waals surface area contributed by atoms with Gasteiger partial charge in [-0.2, -0.15) is 0 Å². The Bertz CT molecular complexity index is 668. The molecule has 1 aromatic rings. The molecule has 4 unspecified atom stereocenters. The van der Waals surface area contributed by atoms with Gasteiger partial charge >= 0.3 is 5.97 Å². The third kappa shape index (κ3) is 8.98. The summed E-state index contributed by atoms with van der Waals surface area (Å²) < 4.78 is 5.17. The van der Waals surface area contributed by atoms with Gasteiger partial charge in [0, 0.05) is 17.7 Å². The topological polar surface area (TPSA) is 46.5 Å². The number of hydrogen-bond acceptors (Lipinski definition) is 3. The van der Waals surface area contributed by atoms with Crippen LogP contribution in [0.3, 0.4) is 0 Å². The fraction of sp³-hybridized carbons (Fsp3) is 0.667. The molecule has 0 heterocycles. The van der Waals surface area contributed by atoms with E-state index in [0.29, 0.717) is 18.3 Å². The maximum atomic E-state index is 11.6. The van der Waals surface area contributed by atoms with Crippen molar-refractivity contribution in [3.05, 3.63) is 47.5 Å². The summed E-state index contributed by atoms with van der Waals surface area (Å²) in [4.78, 5) is 11.6. The first-order valence-corrected chi connectivity index (χ1v) is 12.6. The van der Waals surface area contributed by atoms with Gasteiger partial charge < -0.3 is 9.84 Å². The van der Waals surface area contributed by atoms with Gasteiger partial charge in [-0.25, -0.2) is 0 Å². The van der Waals surface area contributed by atoms with E-state index in [1.165, 1.54) is 18.4 Å². The highest BCUT2D eigenvalue weighted by Crippen LogP contribution is 2.45. The van der Waals surface area contributed by atoms with E-state index in [0.717, 1.165) is 50.5 Å². The molecule has 0 amide bonds. The molecule has 4 atom stereocenters. The van der Waals surface area contributed by atoms with Crippen LogP contribution in [-0.4, -0.2) is 22.6 Å². The van der Waals surface area contributed by atoms with Crippen LogP contribution >= 0.6 is 11.6 Å². The van der Waals surface area contributed by atoms with Crippen LogP contribution in [0, 0.1) is 5.92 Å². The Hall–Kier alpha value is -1.32. The molecule has 0 aliphatic heterocycles. The summed E-state index contributed by atoms with van der Waals surface area (Å²) in [6.07, 6.45) is 13.7. The average molecular weight is 449 g/mol. The molecular weight excluding hydrogens is 408 g/mol. The minimum Gasteiger partial charge on any atom is -0.463 e. The molecule has 174 valence electrons. The zero-order chi connectivity index (χ0) is 22.6. The minimum atomic E-state index is -0.368. The van der Waals surface area contributed by atoms with Gasteiger partial charge in [-0.05, 0) is 69.4 Å². The van der Waals surface area contributed by atoms with Gasteiger partial charge in [-0.15, -0.1) is 11.6 Å². The van der Waals surface area contributed by atoms with Crippen molar-refractivity contribution in [1.29, 1.82) is 0 Å². The van der Waals surface area contributed by atoms with Crippen LogP contribution in [0.25, 0.3) is 0 Å². The van der Waals surface area contributed by atoms with Crippen molar-refractivity contribution in [2.45, 2.75) is 108 Å². The molecular formula is C27H41ClO3. The Morgan fingerprint density at radius 2 is 1.90 bits per heavy atom. The van der Waals surface area contributed by atoms with Crippen LogP contribution in [0.15, 0.2) is 36.4 Å². The van der Waals surface area contributed by atoms with Gasteiger partial charge in [0.25, 0.3) is 0 Å². The van der Waals surface area contributed by atoms with E-state index in [9.17, 15) is 9.90 Å². The summed E-state index contributed by atoms with van der Waals surface area (Å²) in [7, 11) is 0. The average Bonchev–Trinajstić information content (AvgIpc) is 3.10. The first-order chi connectivity index (χ1) is 14.9. The van der Waals surface area contributed by atoms with Gasteiger partial charge in [-0.1, -0.05) is 62.6 Å². The quantitative estimate of drug-likeness (QED) is 0.147. The highest BCUT2D eigenvalue weighted by atomic mass is 35.5. The molecule has 1 aliphatic carbocycles. The zero-order valence-electron chi connectivity index (χ0n) is 19.6. The van der Waals surface area contributed by atoms with E-state index in [4.69, 9.17) is 16.3 Å². The normalized spacial score (nSPS) is 22.3. The Morgan fingerprint density at radius 1 is 1.16 bits per heavy atom. The van der Waals surface area contributed by atoms with E-state index >= 15 is 0 Å². The van der Waals surface area contributed by atoms with Crippen LogP contribution in [0.5, 0.6) is 0 Å². The van der Waals surface area contributed by atoms with E-state index in [-0.39, 0.29) is 23.6 Å². The second kappa shape index (κ2) is 14.0. The number of ether oxygens (including phenoxy) is 1. The molecule has 0 bridgehead atoms. The molecule has 0 aromatic heterocycles. The molecule has 1 N–H and O–H groups in total. The van der Waals surface area contributed by atoms with Crippen LogP contribution in [-0.2, 0) is 9.53 Å². The zero-order valence-corrected chi connectivity index (χ0v) is 20.3. The molecule has 1 aromatic carbocycles. The van der Waals surface area contributed by atoms with E-state index < -0.39 is 0 Å². The number of carbonyl (C=O) groups excluding carboxylic acids is 1. The maximum Gasteiger partial charge on any atom is 0.306 e. The highest BCUT2D eigenvalue weighted by Gasteiger charge is 2.35. The molecule has 0 saturated heterocycles. The molecule has 0 radical (unpaired) electrons. The molecule has 3 nitrogen and oxygen atoms in total. The van der Waals surface area contributed by atoms with Gasteiger partial charge in [-0.3, -0.25) is 4.79 Å². The Morgan fingerprint density at radius 3 is 2.58 bits per heavy atom. The van der Waals surface area contributed by atoms with Crippen LogP contribution in [0.2, 0.25) is 0 Å². The Labute approximate surface area is 194 Å². The van der Waals surface area contributed by atoms with Crippen molar-refractivity contribution in [3.63, 3.8) is 0 Å². The summed E-state index contributed by atoms with van der Waals surface area (Å²) in [5, 5.41) is 10.6. The summed E-state index contributed by atoms with van der Waals surface area (Å²) in [5.41, 5.74) is 2.30. The van der Waals surface area contributed by atoms with Gasteiger partial charge in [0.1, 0.15) is 0 Å². The number of allylic oxidation sites excluding steroid dienone is 2. The number of alkyl halides is 1. The fourth-order valence-corrected chi connectivity index (χ4v) is 5.02. The second-order valence-corrected chi connectivity index (χ2v) is 9.76. The van der Waals surface area contributed by atoms with Crippen molar-refractivity contribution >= 4 is 17.6 Å². The van der Waals surface area contributed by atoms with Crippen molar-refractivity contribution in [2.24, 2.45) is 5.92 Å². The largest absolute Gasteiger partial charge is 0.463 e. The van der Waals surface area contributed by atoms with Crippen molar-refractivity contribution in [1.82, 2.24) is 0 Å². The lowest BCUT2D eigenvalue weighted by atomic mass is 9.85. The number of benzene rings is 1. The number of halogens is 1. The number of rotatable bonds is 13. The summed E-state index contributed by atoms with van der Waals surface area (Å²) in [5.74, 6) is 0.798. The first kappa shape index (κ1) is 25.9. The molecule has 1 fully saturated rings. The predicted octanol–water partition coefficient (Wildman–Crippen LogP) is 7.47. The number of esters is 1. The van der Waals surface area contributed by atoms with Crippen molar-refractivity contribution in [3.8, 4) is 0 Å².